The number of carbonyl (C=O) groups excluding carboxylic acids is 1. The Bertz CT molecular complexity index is 608. The van der Waals surface area contributed by atoms with Crippen LogP contribution in [-0.4, -0.2) is 17.0 Å². The first-order valence-corrected chi connectivity index (χ1v) is 11.7. The largest absolute Gasteiger partial charge is 0.481 e. The van der Waals surface area contributed by atoms with E-state index >= 15 is 0 Å². The Balaban J connectivity index is 1.43. The molecule has 0 saturated heterocycles. The second-order valence-electron chi connectivity index (χ2n) is 8.69. The summed E-state index contributed by atoms with van der Waals surface area (Å²) in [7, 11) is 0. The zero-order valence-corrected chi connectivity index (χ0v) is 18.0. The Morgan fingerprint density at radius 2 is 1.55 bits per heavy atom. The summed E-state index contributed by atoms with van der Waals surface area (Å²) in [5.74, 6) is 0.174. The number of carbonyl (C=O) groups is 2. The predicted molar refractivity (Wildman–Crippen MR) is 119 cm³/mol. The van der Waals surface area contributed by atoms with Crippen molar-refractivity contribution in [2.45, 2.75) is 103 Å². The van der Waals surface area contributed by atoms with E-state index in [4.69, 9.17) is 5.11 Å². The number of rotatable bonds is 14. The molecule has 0 heterocycles. The van der Waals surface area contributed by atoms with Gasteiger partial charge in [0.15, 0.2) is 0 Å². The molecule has 1 aliphatic carbocycles. The van der Waals surface area contributed by atoms with E-state index in [0.29, 0.717) is 17.7 Å². The molecule has 0 aliphatic heterocycles. The van der Waals surface area contributed by atoms with Crippen LogP contribution in [0, 0.1) is 5.92 Å². The lowest BCUT2D eigenvalue weighted by Gasteiger charge is -2.21. The Morgan fingerprint density at radius 1 is 0.897 bits per heavy atom. The van der Waals surface area contributed by atoms with Gasteiger partial charge in [0.25, 0.3) is 0 Å². The maximum atomic E-state index is 12.1. The van der Waals surface area contributed by atoms with Gasteiger partial charge < -0.3 is 10.4 Å². The zero-order chi connectivity index (χ0) is 20.7. The number of carboxylic acids is 1. The van der Waals surface area contributed by atoms with Crippen molar-refractivity contribution in [1.29, 1.82) is 0 Å². The van der Waals surface area contributed by atoms with Gasteiger partial charge in [0, 0.05) is 12.1 Å². The molecule has 4 heteroatoms. The SMILES string of the molecule is O=C(O)Cc1cccc(NC(=O)CCCCCCCCCCC2CCCCC2)c1. The standard InChI is InChI=1S/C25H39NO3/c27-24(26-23-17-12-16-22(19-23)20-25(28)29)18-11-6-4-2-1-3-5-8-13-21-14-9-7-10-15-21/h12,16-17,19,21H,1-11,13-15,18,20H2,(H,26,27)(H,28,29). The van der Waals surface area contributed by atoms with E-state index in [2.05, 4.69) is 5.32 Å². The fourth-order valence-corrected chi connectivity index (χ4v) is 4.41. The molecule has 1 aliphatic rings. The fraction of sp³-hybridized carbons (Fsp3) is 0.680. The van der Waals surface area contributed by atoms with Crippen LogP contribution in [0.3, 0.4) is 0 Å². The van der Waals surface area contributed by atoms with Crippen molar-refractivity contribution in [3.05, 3.63) is 29.8 Å². The molecule has 2 rings (SSSR count). The molecule has 0 radical (unpaired) electrons. The van der Waals surface area contributed by atoms with Gasteiger partial charge in [-0.25, -0.2) is 0 Å². The molecule has 0 aromatic heterocycles. The molecule has 1 aromatic carbocycles. The van der Waals surface area contributed by atoms with Crippen molar-refractivity contribution in [2.75, 3.05) is 5.32 Å². The number of unbranched alkanes of at least 4 members (excludes halogenated alkanes) is 7. The van der Waals surface area contributed by atoms with Crippen LogP contribution in [0.1, 0.15) is 102 Å². The first-order valence-electron chi connectivity index (χ1n) is 11.7. The second kappa shape index (κ2) is 14.2. The minimum absolute atomic E-state index is 0.0141. The third-order valence-electron chi connectivity index (χ3n) is 6.06. The lowest BCUT2D eigenvalue weighted by Crippen LogP contribution is -2.11. The van der Waals surface area contributed by atoms with Gasteiger partial charge in [0.05, 0.1) is 6.42 Å². The Hall–Kier alpha value is -1.84. The summed E-state index contributed by atoms with van der Waals surface area (Å²) in [5, 5.41) is 11.7. The predicted octanol–water partition coefficient (Wildman–Crippen LogP) is 6.73. The summed E-state index contributed by atoms with van der Waals surface area (Å²) < 4.78 is 0. The lowest BCUT2D eigenvalue weighted by atomic mass is 9.85. The van der Waals surface area contributed by atoms with Crippen LogP contribution < -0.4 is 5.32 Å². The van der Waals surface area contributed by atoms with Crippen molar-refractivity contribution in [3.8, 4) is 0 Å². The van der Waals surface area contributed by atoms with E-state index in [1.165, 1.54) is 77.0 Å². The smallest absolute Gasteiger partial charge is 0.307 e. The summed E-state index contributed by atoms with van der Waals surface area (Å²) in [5.41, 5.74) is 1.39. The molecular weight excluding hydrogens is 362 g/mol. The Labute approximate surface area is 176 Å². The van der Waals surface area contributed by atoms with E-state index in [0.717, 1.165) is 18.8 Å². The Morgan fingerprint density at radius 3 is 2.24 bits per heavy atom. The van der Waals surface area contributed by atoms with Gasteiger partial charge in [-0.3, -0.25) is 9.59 Å². The van der Waals surface area contributed by atoms with Gasteiger partial charge in [0.2, 0.25) is 5.91 Å². The summed E-state index contributed by atoms with van der Waals surface area (Å²) in [6.07, 6.45) is 19.3. The van der Waals surface area contributed by atoms with Crippen LogP contribution in [0.25, 0.3) is 0 Å². The van der Waals surface area contributed by atoms with Gasteiger partial charge >= 0.3 is 5.97 Å². The number of hydrogen-bond acceptors (Lipinski definition) is 2. The van der Waals surface area contributed by atoms with Gasteiger partial charge in [0.1, 0.15) is 0 Å². The van der Waals surface area contributed by atoms with Crippen LogP contribution in [0.4, 0.5) is 5.69 Å². The van der Waals surface area contributed by atoms with Crippen LogP contribution in [0.2, 0.25) is 0 Å². The molecule has 1 saturated carbocycles. The van der Waals surface area contributed by atoms with Crippen molar-refractivity contribution in [2.24, 2.45) is 5.92 Å². The molecule has 4 nitrogen and oxygen atoms in total. The quantitative estimate of drug-likeness (QED) is 0.339. The van der Waals surface area contributed by atoms with Gasteiger partial charge in [-0.15, -0.1) is 0 Å². The number of amides is 1. The van der Waals surface area contributed by atoms with E-state index < -0.39 is 5.97 Å². The van der Waals surface area contributed by atoms with Crippen LogP contribution in [0.15, 0.2) is 24.3 Å². The lowest BCUT2D eigenvalue weighted by molar-refractivity contribution is -0.136. The van der Waals surface area contributed by atoms with E-state index in [1.54, 1.807) is 24.3 Å². The van der Waals surface area contributed by atoms with Crippen molar-refractivity contribution < 1.29 is 14.7 Å². The molecule has 0 atom stereocenters. The number of carboxylic acid groups (broad SMARTS) is 1. The molecule has 1 aromatic rings. The first-order chi connectivity index (χ1) is 14.1. The Kier molecular flexibility index (Phi) is 11.5. The maximum Gasteiger partial charge on any atom is 0.307 e. The molecule has 0 unspecified atom stereocenters. The highest BCUT2D eigenvalue weighted by Gasteiger charge is 2.12. The average molecular weight is 402 g/mol. The van der Waals surface area contributed by atoms with E-state index in [1.807, 2.05) is 0 Å². The molecule has 1 fully saturated rings. The number of benzene rings is 1. The minimum atomic E-state index is -0.863. The first kappa shape index (κ1) is 23.4. The maximum absolute atomic E-state index is 12.1. The number of aliphatic carboxylic acids is 1. The second-order valence-corrected chi connectivity index (χ2v) is 8.69. The van der Waals surface area contributed by atoms with Gasteiger partial charge in [-0.05, 0) is 30.0 Å². The van der Waals surface area contributed by atoms with E-state index in [-0.39, 0.29) is 12.3 Å². The molecule has 0 bridgehead atoms. The highest BCUT2D eigenvalue weighted by molar-refractivity contribution is 5.90. The van der Waals surface area contributed by atoms with Crippen molar-refractivity contribution in [1.82, 2.24) is 0 Å². The number of nitrogens with one attached hydrogen (secondary N) is 1. The number of hydrogen-bond donors (Lipinski definition) is 2. The zero-order valence-electron chi connectivity index (χ0n) is 18.0. The third-order valence-corrected chi connectivity index (χ3v) is 6.06. The minimum Gasteiger partial charge on any atom is -0.481 e. The highest BCUT2D eigenvalue weighted by Crippen LogP contribution is 2.28. The molecule has 0 spiro atoms. The highest BCUT2D eigenvalue weighted by atomic mass is 16.4. The van der Waals surface area contributed by atoms with Gasteiger partial charge in [-0.1, -0.05) is 95.6 Å². The average Bonchev–Trinajstić information content (AvgIpc) is 2.70. The summed E-state index contributed by atoms with van der Waals surface area (Å²) in [6, 6.07) is 7.08. The monoisotopic (exact) mass is 401 g/mol. The molecule has 1 amide bonds. The van der Waals surface area contributed by atoms with Crippen LogP contribution in [0.5, 0.6) is 0 Å². The molecular formula is C25H39NO3. The van der Waals surface area contributed by atoms with Crippen LogP contribution in [-0.2, 0) is 16.0 Å². The van der Waals surface area contributed by atoms with Crippen molar-refractivity contribution >= 4 is 17.6 Å². The summed E-state index contributed by atoms with van der Waals surface area (Å²) in [4.78, 5) is 22.8. The normalized spacial score (nSPS) is 14.6. The molecule has 29 heavy (non-hydrogen) atoms. The van der Waals surface area contributed by atoms with Gasteiger partial charge in [-0.2, -0.15) is 0 Å². The fourth-order valence-electron chi connectivity index (χ4n) is 4.41. The summed E-state index contributed by atoms with van der Waals surface area (Å²) in [6.45, 7) is 0. The van der Waals surface area contributed by atoms with E-state index in [9.17, 15) is 9.59 Å². The van der Waals surface area contributed by atoms with Crippen LogP contribution >= 0.6 is 0 Å². The summed E-state index contributed by atoms with van der Waals surface area (Å²) >= 11 is 0. The molecule has 162 valence electrons. The molecule has 2 N–H and O–H groups in total. The van der Waals surface area contributed by atoms with Crippen molar-refractivity contribution in [3.63, 3.8) is 0 Å². The number of anilines is 1. The third kappa shape index (κ3) is 11.1. The topological polar surface area (TPSA) is 66.4 Å².